The molecule has 1 unspecified atom stereocenters. The molecule has 136 valence electrons. The first-order valence-corrected chi connectivity index (χ1v) is 9.47. The van der Waals surface area contributed by atoms with Crippen LogP contribution in [0.2, 0.25) is 5.02 Å². The Morgan fingerprint density at radius 3 is 2.48 bits per heavy atom. The number of benzene rings is 1. The van der Waals surface area contributed by atoms with E-state index in [9.17, 15) is 4.79 Å². The van der Waals surface area contributed by atoms with Crippen molar-refractivity contribution in [3.05, 3.63) is 40.7 Å². The molecular formula is C17H24ClN5OS. The molecule has 0 saturated carbocycles. The Bertz CT molecular complexity index is 724. The van der Waals surface area contributed by atoms with Crippen molar-refractivity contribution in [2.45, 2.75) is 50.7 Å². The number of aromatic nitrogens is 3. The third-order valence-electron chi connectivity index (χ3n) is 3.68. The van der Waals surface area contributed by atoms with Gasteiger partial charge in [-0.2, -0.15) is 0 Å². The molecule has 2 aromatic rings. The zero-order chi connectivity index (χ0) is 18.6. The third-order valence-corrected chi connectivity index (χ3v) is 4.88. The molecule has 2 rings (SSSR count). The highest BCUT2D eigenvalue weighted by molar-refractivity contribution is 7.99. The molecule has 0 aliphatic carbocycles. The maximum atomic E-state index is 12.3. The SMILES string of the molecule is CCC(NC(=O)CSc1nnc(C(C)(C)C)n1N)c1ccc(Cl)cc1. The molecule has 0 aliphatic rings. The van der Waals surface area contributed by atoms with Gasteiger partial charge in [-0.05, 0) is 24.1 Å². The van der Waals surface area contributed by atoms with E-state index in [1.807, 2.05) is 52.0 Å². The van der Waals surface area contributed by atoms with Crippen LogP contribution in [-0.4, -0.2) is 26.5 Å². The number of carbonyl (C=O) groups excluding carboxylic acids is 1. The van der Waals surface area contributed by atoms with E-state index in [2.05, 4.69) is 15.5 Å². The van der Waals surface area contributed by atoms with Crippen LogP contribution in [0.1, 0.15) is 51.5 Å². The molecule has 0 saturated heterocycles. The van der Waals surface area contributed by atoms with Crippen molar-refractivity contribution < 1.29 is 4.79 Å². The Morgan fingerprint density at radius 2 is 1.96 bits per heavy atom. The van der Waals surface area contributed by atoms with Gasteiger partial charge in [0.1, 0.15) is 0 Å². The topological polar surface area (TPSA) is 85.8 Å². The smallest absolute Gasteiger partial charge is 0.230 e. The van der Waals surface area contributed by atoms with Crippen LogP contribution in [0.25, 0.3) is 0 Å². The summed E-state index contributed by atoms with van der Waals surface area (Å²) in [6.07, 6.45) is 0.791. The Balaban J connectivity index is 1.96. The van der Waals surface area contributed by atoms with Gasteiger partial charge in [-0.25, -0.2) is 4.68 Å². The number of thioether (sulfide) groups is 1. The summed E-state index contributed by atoms with van der Waals surface area (Å²) in [5.74, 6) is 6.87. The summed E-state index contributed by atoms with van der Waals surface area (Å²) in [5.41, 5.74) is 0.826. The van der Waals surface area contributed by atoms with E-state index in [0.717, 1.165) is 12.0 Å². The number of hydrogen-bond donors (Lipinski definition) is 2. The first kappa shape index (κ1) is 19.6. The van der Waals surface area contributed by atoms with Crippen LogP contribution in [0.3, 0.4) is 0 Å². The zero-order valence-corrected chi connectivity index (χ0v) is 16.5. The summed E-state index contributed by atoms with van der Waals surface area (Å²) < 4.78 is 1.45. The lowest BCUT2D eigenvalue weighted by Crippen LogP contribution is -2.30. The van der Waals surface area contributed by atoms with Gasteiger partial charge in [0.05, 0.1) is 11.8 Å². The van der Waals surface area contributed by atoms with E-state index in [1.165, 1.54) is 16.4 Å². The molecule has 1 aromatic carbocycles. The van der Waals surface area contributed by atoms with Crippen molar-refractivity contribution in [1.29, 1.82) is 0 Å². The van der Waals surface area contributed by atoms with Gasteiger partial charge in [0.2, 0.25) is 11.1 Å². The molecule has 8 heteroatoms. The summed E-state index contributed by atoms with van der Waals surface area (Å²) >= 11 is 7.19. The lowest BCUT2D eigenvalue weighted by Gasteiger charge is -2.18. The molecule has 1 heterocycles. The first-order chi connectivity index (χ1) is 11.7. The number of nitrogens with two attached hydrogens (primary N) is 1. The minimum absolute atomic E-state index is 0.0498. The molecule has 0 aliphatic heterocycles. The van der Waals surface area contributed by atoms with Crippen LogP contribution in [0.4, 0.5) is 0 Å². The second-order valence-electron chi connectivity index (χ2n) is 6.79. The highest BCUT2D eigenvalue weighted by Gasteiger charge is 2.23. The largest absolute Gasteiger partial charge is 0.349 e. The Kier molecular flexibility index (Phi) is 6.35. The average Bonchev–Trinajstić information content (AvgIpc) is 2.92. The van der Waals surface area contributed by atoms with E-state index in [0.29, 0.717) is 16.0 Å². The monoisotopic (exact) mass is 381 g/mol. The van der Waals surface area contributed by atoms with Crippen molar-refractivity contribution in [3.63, 3.8) is 0 Å². The van der Waals surface area contributed by atoms with E-state index >= 15 is 0 Å². The van der Waals surface area contributed by atoms with Crippen LogP contribution < -0.4 is 11.2 Å². The van der Waals surface area contributed by atoms with Gasteiger partial charge < -0.3 is 11.2 Å². The number of carbonyl (C=O) groups is 1. The summed E-state index contributed by atoms with van der Waals surface area (Å²) in [5, 5.41) is 12.4. The number of nitrogens with zero attached hydrogens (tertiary/aromatic N) is 3. The zero-order valence-electron chi connectivity index (χ0n) is 14.9. The number of nitrogen functional groups attached to an aromatic ring is 1. The minimum Gasteiger partial charge on any atom is -0.349 e. The standard InChI is InChI=1S/C17H24ClN5OS/c1-5-13(11-6-8-12(18)9-7-11)20-14(24)10-25-16-22-21-15(23(16)19)17(2,3)4/h6-9,13H,5,10,19H2,1-4H3,(H,20,24). The molecule has 6 nitrogen and oxygen atoms in total. The first-order valence-electron chi connectivity index (χ1n) is 8.11. The predicted molar refractivity (Wildman–Crippen MR) is 102 cm³/mol. The average molecular weight is 382 g/mol. The van der Waals surface area contributed by atoms with E-state index in [1.54, 1.807) is 0 Å². The fourth-order valence-electron chi connectivity index (χ4n) is 2.37. The fourth-order valence-corrected chi connectivity index (χ4v) is 3.16. The molecule has 0 radical (unpaired) electrons. The predicted octanol–water partition coefficient (Wildman–Crippen LogP) is 3.30. The van der Waals surface area contributed by atoms with Gasteiger partial charge in [0.15, 0.2) is 5.82 Å². The summed E-state index contributed by atoms with van der Waals surface area (Å²) in [6.45, 7) is 8.07. The molecule has 25 heavy (non-hydrogen) atoms. The summed E-state index contributed by atoms with van der Waals surface area (Å²) in [7, 11) is 0. The molecule has 1 atom stereocenters. The summed E-state index contributed by atoms with van der Waals surface area (Å²) in [4.78, 5) is 12.3. The van der Waals surface area contributed by atoms with Gasteiger partial charge in [0.25, 0.3) is 0 Å². The lowest BCUT2D eigenvalue weighted by molar-refractivity contribution is -0.119. The second kappa shape index (κ2) is 8.10. The molecule has 1 amide bonds. The van der Waals surface area contributed by atoms with Crippen LogP contribution >= 0.6 is 23.4 Å². The van der Waals surface area contributed by atoms with Gasteiger partial charge in [-0.3, -0.25) is 4.79 Å². The normalized spacial score (nSPS) is 12.8. The quantitative estimate of drug-likeness (QED) is 0.592. The molecule has 1 aromatic heterocycles. The summed E-state index contributed by atoms with van der Waals surface area (Å²) in [6, 6.07) is 7.45. The van der Waals surface area contributed by atoms with Crippen molar-refractivity contribution >= 4 is 29.3 Å². The Morgan fingerprint density at radius 1 is 1.32 bits per heavy atom. The number of halogens is 1. The Hall–Kier alpha value is -1.73. The second-order valence-corrected chi connectivity index (χ2v) is 8.17. The number of hydrogen-bond acceptors (Lipinski definition) is 5. The van der Waals surface area contributed by atoms with Gasteiger partial charge >= 0.3 is 0 Å². The van der Waals surface area contributed by atoms with Crippen molar-refractivity contribution in [2.24, 2.45) is 0 Å². The fraction of sp³-hybridized carbons (Fsp3) is 0.471. The van der Waals surface area contributed by atoms with Gasteiger partial charge in [-0.1, -0.05) is 63.2 Å². The molecule has 3 N–H and O–H groups in total. The van der Waals surface area contributed by atoms with Crippen molar-refractivity contribution in [2.75, 3.05) is 11.6 Å². The van der Waals surface area contributed by atoms with E-state index in [-0.39, 0.29) is 23.1 Å². The van der Waals surface area contributed by atoms with E-state index in [4.69, 9.17) is 17.4 Å². The van der Waals surface area contributed by atoms with Crippen LogP contribution in [0, 0.1) is 0 Å². The third kappa shape index (κ3) is 5.12. The molecule has 0 fully saturated rings. The van der Waals surface area contributed by atoms with Crippen molar-refractivity contribution in [1.82, 2.24) is 20.2 Å². The lowest BCUT2D eigenvalue weighted by atomic mass is 9.96. The molecule has 0 bridgehead atoms. The maximum Gasteiger partial charge on any atom is 0.230 e. The van der Waals surface area contributed by atoms with E-state index < -0.39 is 0 Å². The number of amides is 1. The Labute approximate surface area is 157 Å². The van der Waals surface area contributed by atoms with Crippen LogP contribution in [-0.2, 0) is 10.2 Å². The highest BCUT2D eigenvalue weighted by Crippen LogP contribution is 2.24. The van der Waals surface area contributed by atoms with Crippen molar-refractivity contribution in [3.8, 4) is 0 Å². The maximum absolute atomic E-state index is 12.3. The molecule has 0 spiro atoms. The van der Waals surface area contributed by atoms with Crippen LogP contribution in [0.15, 0.2) is 29.4 Å². The number of nitrogens with one attached hydrogen (secondary N) is 1. The minimum atomic E-state index is -0.204. The number of rotatable bonds is 6. The van der Waals surface area contributed by atoms with Crippen LogP contribution in [0.5, 0.6) is 0 Å². The highest BCUT2D eigenvalue weighted by atomic mass is 35.5. The molecular weight excluding hydrogens is 358 g/mol. The van der Waals surface area contributed by atoms with Gasteiger partial charge in [-0.15, -0.1) is 10.2 Å². The van der Waals surface area contributed by atoms with Gasteiger partial charge in [0, 0.05) is 10.4 Å².